The lowest BCUT2D eigenvalue weighted by molar-refractivity contribution is 0.301. The fourth-order valence-electron chi connectivity index (χ4n) is 2.58. The molecule has 25 heavy (non-hydrogen) atoms. The van der Waals surface area contributed by atoms with Gasteiger partial charge in [-0.3, -0.25) is 0 Å². The van der Waals surface area contributed by atoms with Crippen LogP contribution in [0.25, 0.3) is 11.0 Å². The molecule has 1 atom stereocenters. The van der Waals surface area contributed by atoms with E-state index in [9.17, 15) is 0 Å². The predicted molar refractivity (Wildman–Crippen MR) is 100 cm³/mol. The third-order valence-electron chi connectivity index (χ3n) is 4.16. The molecule has 1 aromatic heterocycles. The van der Waals surface area contributed by atoms with Gasteiger partial charge < -0.3 is 19.2 Å². The molecule has 0 saturated heterocycles. The highest BCUT2D eigenvalue weighted by Gasteiger charge is 2.10. The maximum Gasteiger partial charge on any atom is 0.134 e. The van der Waals surface area contributed by atoms with Gasteiger partial charge in [0.2, 0.25) is 0 Å². The van der Waals surface area contributed by atoms with Gasteiger partial charge in [0.25, 0.3) is 0 Å². The zero-order valence-corrected chi connectivity index (χ0v) is 15.0. The smallest absolute Gasteiger partial charge is 0.134 e. The average molecular weight is 339 g/mol. The van der Waals surface area contributed by atoms with Crippen molar-refractivity contribution in [1.82, 2.24) is 5.32 Å². The van der Waals surface area contributed by atoms with Gasteiger partial charge >= 0.3 is 0 Å². The molecule has 4 nitrogen and oxygen atoms in total. The zero-order valence-electron chi connectivity index (χ0n) is 15.0. The van der Waals surface area contributed by atoms with E-state index in [0.29, 0.717) is 6.61 Å². The fourth-order valence-corrected chi connectivity index (χ4v) is 2.58. The topological polar surface area (TPSA) is 43.6 Å². The lowest BCUT2D eigenvalue weighted by Crippen LogP contribution is -2.10. The van der Waals surface area contributed by atoms with Gasteiger partial charge in [0.05, 0.1) is 12.6 Å². The Kier molecular flexibility index (Phi) is 5.61. The molecule has 132 valence electrons. The summed E-state index contributed by atoms with van der Waals surface area (Å²) in [4.78, 5) is 0. The number of nitrogens with one attached hydrogen (secondary N) is 1. The highest BCUT2D eigenvalue weighted by Crippen LogP contribution is 2.25. The van der Waals surface area contributed by atoms with Crippen molar-refractivity contribution in [2.45, 2.75) is 32.9 Å². The van der Waals surface area contributed by atoms with Gasteiger partial charge in [-0.1, -0.05) is 13.0 Å². The molecule has 4 heteroatoms. The second kappa shape index (κ2) is 8.08. The van der Waals surface area contributed by atoms with Gasteiger partial charge in [0.1, 0.15) is 29.4 Å². The first kappa shape index (κ1) is 17.4. The monoisotopic (exact) mass is 339 g/mol. The molecule has 0 saturated carbocycles. The summed E-state index contributed by atoms with van der Waals surface area (Å²) < 4.78 is 17.3. The maximum absolute atomic E-state index is 5.88. The van der Waals surface area contributed by atoms with Crippen molar-refractivity contribution in [2.75, 3.05) is 13.7 Å². The third kappa shape index (κ3) is 4.34. The van der Waals surface area contributed by atoms with Crippen LogP contribution in [0, 0.1) is 0 Å². The molecule has 0 aliphatic carbocycles. The first-order valence-electron chi connectivity index (χ1n) is 8.75. The quantitative estimate of drug-likeness (QED) is 0.621. The van der Waals surface area contributed by atoms with Gasteiger partial charge in [0, 0.05) is 5.39 Å². The van der Waals surface area contributed by atoms with Crippen LogP contribution in [0.15, 0.2) is 52.9 Å². The number of benzene rings is 2. The second-order valence-electron chi connectivity index (χ2n) is 6.14. The Morgan fingerprint density at radius 3 is 2.40 bits per heavy atom. The van der Waals surface area contributed by atoms with E-state index in [0.717, 1.165) is 46.8 Å². The van der Waals surface area contributed by atoms with E-state index in [4.69, 9.17) is 13.9 Å². The van der Waals surface area contributed by atoms with Gasteiger partial charge in [-0.2, -0.15) is 0 Å². The Morgan fingerprint density at radius 2 is 1.72 bits per heavy atom. The molecule has 0 spiro atoms. The Balaban J connectivity index is 1.64. The van der Waals surface area contributed by atoms with Crippen molar-refractivity contribution in [3.05, 3.63) is 59.9 Å². The van der Waals surface area contributed by atoms with Crippen molar-refractivity contribution < 1.29 is 13.9 Å². The summed E-state index contributed by atoms with van der Waals surface area (Å²) >= 11 is 0. The number of ether oxygens (including phenoxy) is 2. The van der Waals surface area contributed by atoms with Crippen LogP contribution in [-0.4, -0.2) is 13.7 Å². The first-order chi connectivity index (χ1) is 12.2. The lowest BCUT2D eigenvalue weighted by Gasteiger charge is -2.08. The van der Waals surface area contributed by atoms with Crippen LogP contribution in [-0.2, 0) is 6.61 Å². The number of hydrogen-bond donors (Lipinski definition) is 1. The molecule has 1 unspecified atom stereocenters. The van der Waals surface area contributed by atoms with Crippen molar-refractivity contribution in [3.63, 3.8) is 0 Å². The summed E-state index contributed by atoms with van der Waals surface area (Å²) in [6, 6.07) is 16.2. The van der Waals surface area contributed by atoms with E-state index in [1.807, 2.05) is 43.4 Å². The predicted octanol–water partition coefficient (Wildman–Crippen LogP) is 5.08. The largest absolute Gasteiger partial charge is 0.494 e. The minimum Gasteiger partial charge on any atom is -0.494 e. The van der Waals surface area contributed by atoms with Crippen LogP contribution in [0.5, 0.6) is 11.5 Å². The molecule has 0 bridgehead atoms. The summed E-state index contributed by atoms with van der Waals surface area (Å²) in [5.74, 6) is 2.65. The standard InChI is InChI=1S/C21H25NO3/c1-4-11-23-18-6-8-19(9-7-18)24-14-16-5-10-20-17(12-16)13-21(25-20)15(2)22-3/h5-10,12-13,15,22H,4,11,14H2,1-3H3. The molecule has 0 amide bonds. The summed E-state index contributed by atoms with van der Waals surface area (Å²) in [6.45, 7) is 5.43. The molecule has 0 aliphatic heterocycles. The van der Waals surface area contributed by atoms with E-state index in [2.05, 4.69) is 31.3 Å². The summed E-state index contributed by atoms with van der Waals surface area (Å²) in [7, 11) is 1.93. The van der Waals surface area contributed by atoms with Crippen LogP contribution in [0.4, 0.5) is 0 Å². The van der Waals surface area contributed by atoms with Crippen LogP contribution in [0.2, 0.25) is 0 Å². The van der Waals surface area contributed by atoms with Gasteiger partial charge in [-0.15, -0.1) is 0 Å². The van der Waals surface area contributed by atoms with Crippen molar-refractivity contribution in [1.29, 1.82) is 0 Å². The SMILES string of the molecule is CCCOc1ccc(OCc2ccc3oc(C(C)NC)cc3c2)cc1. The molecule has 0 radical (unpaired) electrons. The molecule has 1 N–H and O–H groups in total. The highest BCUT2D eigenvalue weighted by atomic mass is 16.5. The average Bonchev–Trinajstić information content (AvgIpc) is 3.08. The molecular formula is C21H25NO3. The zero-order chi connectivity index (χ0) is 17.6. The molecule has 0 fully saturated rings. The molecule has 2 aromatic carbocycles. The number of furan rings is 1. The van der Waals surface area contributed by atoms with E-state index >= 15 is 0 Å². The van der Waals surface area contributed by atoms with Gasteiger partial charge in [-0.05, 0) is 68.4 Å². The summed E-state index contributed by atoms with van der Waals surface area (Å²) in [6.07, 6.45) is 1.00. The molecular weight excluding hydrogens is 314 g/mol. The minimum atomic E-state index is 0.195. The highest BCUT2D eigenvalue weighted by molar-refractivity contribution is 5.78. The number of fused-ring (bicyclic) bond motifs is 1. The van der Waals surface area contributed by atoms with Crippen molar-refractivity contribution in [3.8, 4) is 11.5 Å². The normalized spacial score (nSPS) is 12.3. The lowest BCUT2D eigenvalue weighted by atomic mass is 10.1. The van der Waals surface area contributed by atoms with Crippen LogP contribution in [0.3, 0.4) is 0 Å². The Hall–Kier alpha value is -2.46. The Labute approximate surface area is 148 Å². The fraction of sp³-hybridized carbons (Fsp3) is 0.333. The van der Waals surface area contributed by atoms with Crippen LogP contribution in [0.1, 0.15) is 37.6 Å². The Morgan fingerprint density at radius 1 is 1.00 bits per heavy atom. The first-order valence-corrected chi connectivity index (χ1v) is 8.75. The van der Waals surface area contributed by atoms with E-state index in [-0.39, 0.29) is 6.04 Å². The Bertz CT molecular complexity index is 808. The van der Waals surface area contributed by atoms with Gasteiger partial charge in [0.15, 0.2) is 0 Å². The molecule has 0 aliphatic rings. The summed E-state index contributed by atoms with van der Waals surface area (Å²) in [5, 5.41) is 4.29. The van der Waals surface area contributed by atoms with Gasteiger partial charge in [-0.25, -0.2) is 0 Å². The molecule has 3 rings (SSSR count). The van der Waals surface area contributed by atoms with Crippen molar-refractivity contribution in [2.24, 2.45) is 0 Å². The van der Waals surface area contributed by atoms with E-state index < -0.39 is 0 Å². The third-order valence-corrected chi connectivity index (χ3v) is 4.16. The number of hydrogen-bond acceptors (Lipinski definition) is 4. The minimum absolute atomic E-state index is 0.195. The molecule has 3 aromatic rings. The van der Waals surface area contributed by atoms with E-state index in [1.165, 1.54) is 0 Å². The maximum atomic E-state index is 5.88. The van der Waals surface area contributed by atoms with Crippen molar-refractivity contribution >= 4 is 11.0 Å². The van der Waals surface area contributed by atoms with E-state index in [1.54, 1.807) is 0 Å². The van der Waals surface area contributed by atoms with Crippen LogP contribution < -0.4 is 14.8 Å². The van der Waals surface area contributed by atoms with Crippen LogP contribution >= 0.6 is 0 Å². The summed E-state index contributed by atoms with van der Waals surface area (Å²) in [5.41, 5.74) is 2.02. The molecule has 1 heterocycles. The number of rotatable bonds is 8. The second-order valence-corrected chi connectivity index (χ2v) is 6.14.